The standard InChI is InChI=1S/C10H19NO5/c12-6(5-11-3-1-2-4-11)9-7(13)8(14)10(15)16-9/h6-10,12-15H,1-5H2/t6-,7-,8-,9-,10+/m1/s1. The molecule has 2 fully saturated rings. The van der Waals surface area contributed by atoms with Crippen molar-refractivity contribution >= 4 is 0 Å². The smallest absolute Gasteiger partial charge is 0.184 e. The van der Waals surface area contributed by atoms with Crippen LogP contribution in [-0.4, -0.2) is 75.7 Å². The lowest BCUT2D eigenvalue weighted by molar-refractivity contribution is -0.147. The van der Waals surface area contributed by atoms with Gasteiger partial charge in [-0.05, 0) is 25.9 Å². The lowest BCUT2D eigenvalue weighted by Crippen LogP contribution is -2.44. The second-order valence-corrected chi connectivity index (χ2v) is 4.55. The first-order valence-electron chi connectivity index (χ1n) is 5.69. The molecule has 16 heavy (non-hydrogen) atoms. The summed E-state index contributed by atoms with van der Waals surface area (Å²) in [6.07, 6.45) is -3.54. The Morgan fingerprint density at radius 3 is 2.25 bits per heavy atom. The quantitative estimate of drug-likeness (QED) is 0.445. The van der Waals surface area contributed by atoms with Crippen LogP contribution in [0.3, 0.4) is 0 Å². The van der Waals surface area contributed by atoms with E-state index in [1.807, 2.05) is 0 Å². The summed E-state index contributed by atoms with van der Waals surface area (Å²) in [6.45, 7) is 2.27. The van der Waals surface area contributed by atoms with Crippen molar-refractivity contribution in [3.05, 3.63) is 0 Å². The van der Waals surface area contributed by atoms with Crippen molar-refractivity contribution < 1.29 is 25.2 Å². The zero-order chi connectivity index (χ0) is 11.7. The average Bonchev–Trinajstić information content (AvgIpc) is 2.83. The number of hydrogen-bond acceptors (Lipinski definition) is 6. The van der Waals surface area contributed by atoms with Crippen LogP contribution in [0.4, 0.5) is 0 Å². The van der Waals surface area contributed by atoms with Crippen LogP contribution in [0.5, 0.6) is 0 Å². The molecule has 0 aliphatic carbocycles. The highest BCUT2D eigenvalue weighted by Gasteiger charge is 2.45. The Labute approximate surface area is 94.1 Å². The maximum absolute atomic E-state index is 9.87. The summed E-state index contributed by atoms with van der Waals surface area (Å²) in [6, 6.07) is 0. The van der Waals surface area contributed by atoms with E-state index in [9.17, 15) is 20.4 Å². The maximum atomic E-state index is 9.87. The highest BCUT2D eigenvalue weighted by atomic mass is 16.6. The van der Waals surface area contributed by atoms with Gasteiger partial charge in [-0.25, -0.2) is 0 Å². The van der Waals surface area contributed by atoms with Gasteiger partial charge in [-0.3, -0.25) is 0 Å². The molecule has 0 aromatic heterocycles. The van der Waals surface area contributed by atoms with E-state index in [0.29, 0.717) is 6.54 Å². The molecule has 2 rings (SSSR count). The zero-order valence-corrected chi connectivity index (χ0v) is 9.07. The highest BCUT2D eigenvalue weighted by Crippen LogP contribution is 2.23. The molecule has 2 heterocycles. The topological polar surface area (TPSA) is 93.4 Å². The number of rotatable bonds is 3. The predicted molar refractivity (Wildman–Crippen MR) is 54.6 cm³/mol. The average molecular weight is 233 g/mol. The molecule has 6 nitrogen and oxygen atoms in total. The number of aliphatic hydroxyl groups excluding tert-OH is 4. The van der Waals surface area contributed by atoms with Crippen molar-refractivity contribution in [3.8, 4) is 0 Å². The monoisotopic (exact) mass is 233 g/mol. The van der Waals surface area contributed by atoms with E-state index in [-0.39, 0.29) is 0 Å². The van der Waals surface area contributed by atoms with Crippen LogP contribution in [0.2, 0.25) is 0 Å². The number of ether oxygens (including phenoxy) is 1. The molecule has 4 N–H and O–H groups in total. The van der Waals surface area contributed by atoms with Crippen molar-refractivity contribution in [3.63, 3.8) is 0 Å². The van der Waals surface area contributed by atoms with E-state index < -0.39 is 30.7 Å². The number of likely N-dealkylation sites (tertiary alicyclic amines) is 1. The van der Waals surface area contributed by atoms with Gasteiger partial charge < -0.3 is 30.1 Å². The minimum absolute atomic E-state index is 0.404. The van der Waals surface area contributed by atoms with Crippen molar-refractivity contribution in [2.45, 2.75) is 43.5 Å². The molecule has 94 valence electrons. The van der Waals surface area contributed by atoms with Crippen LogP contribution in [0.25, 0.3) is 0 Å². The summed E-state index contributed by atoms with van der Waals surface area (Å²) in [5.41, 5.74) is 0. The van der Waals surface area contributed by atoms with Crippen LogP contribution < -0.4 is 0 Å². The second-order valence-electron chi connectivity index (χ2n) is 4.55. The van der Waals surface area contributed by atoms with Crippen molar-refractivity contribution in [2.75, 3.05) is 19.6 Å². The van der Waals surface area contributed by atoms with E-state index in [0.717, 1.165) is 25.9 Å². The van der Waals surface area contributed by atoms with Crippen LogP contribution in [0, 0.1) is 0 Å². The predicted octanol–water partition coefficient (Wildman–Crippen LogP) is -2.12. The van der Waals surface area contributed by atoms with Gasteiger partial charge in [0.2, 0.25) is 0 Å². The third kappa shape index (κ3) is 2.37. The van der Waals surface area contributed by atoms with Crippen LogP contribution in [0.15, 0.2) is 0 Å². The Morgan fingerprint density at radius 2 is 1.75 bits per heavy atom. The van der Waals surface area contributed by atoms with Gasteiger partial charge in [0.05, 0.1) is 6.10 Å². The minimum Gasteiger partial charge on any atom is -0.389 e. The SMILES string of the molecule is O[C@@H]1[C@@H](O)[C@@H](O)O[C@@H]1[C@H](O)CN1CCCC1. The zero-order valence-electron chi connectivity index (χ0n) is 9.07. The fourth-order valence-corrected chi connectivity index (χ4v) is 2.34. The van der Waals surface area contributed by atoms with Gasteiger partial charge >= 0.3 is 0 Å². The largest absolute Gasteiger partial charge is 0.389 e. The van der Waals surface area contributed by atoms with E-state index in [1.165, 1.54) is 0 Å². The molecule has 2 aliphatic heterocycles. The molecule has 0 saturated carbocycles. The summed E-state index contributed by atoms with van der Waals surface area (Å²) in [5.74, 6) is 0. The molecule has 2 aliphatic rings. The molecule has 0 unspecified atom stereocenters. The summed E-state index contributed by atoms with van der Waals surface area (Å²) in [7, 11) is 0. The first-order valence-corrected chi connectivity index (χ1v) is 5.69. The third-order valence-corrected chi connectivity index (χ3v) is 3.30. The maximum Gasteiger partial charge on any atom is 0.184 e. The molecule has 0 radical (unpaired) electrons. The minimum atomic E-state index is -1.41. The first kappa shape index (κ1) is 12.2. The van der Waals surface area contributed by atoms with E-state index >= 15 is 0 Å². The van der Waals surface area contributed by atoms with E-state index in [1.54, 1.807) is 0 Å². The fraction of sp³-hybridized carbons (Fsp3) is 1.00. The van der Waals surface area contributed by atoms with Crippen molar-refractivity contribution in [2.24, 2.45) is 0 Å². The molecule has 0 spiro atoms. The molecular formula is C10H19NO5. The Kier molecular flexibility index (Phi) is 3.78. The fourth-order valence-electron chi connectivity index (χ4n) is 2.34. The number of aliphatic hydroxyl groups is 4. The Hall–Kier alpha value is -0.240. The lowest BCUT2D eigenvalue weighted by Gasteiger charge is -2.25. The molecular weight excluding hydrogens is 214 g/mol. The van der Waals surface area contributed by atoms with Gasteiger partial charge in [0.25, 0.3) is 0 Å². The third-order valence-electron chi connectivity index (χ3n) is 3.30. The first-order chi connectivity index (χ1) is 7.59. The van der Waals surface area contributed by atoms with Crippen LogP contribution in [0.1, 0.15) is 12.8 Å². The summed E-state index contributed by atoms with van der Waals surface area (Å²) in [4.78, 5) is 2.08. The van der Waals surface area contributed by atoms with Gasteiger partial charge in [0.1, 0.15) is 18.3 Å². The number of β-amino-alcohol motifs (C(OH)–C–C–N with tert-alkyl or cyclic N) is 1. The molecule has 6 heteroatoms. The number of nitrogens with zero attached hydrogens (tertiary/aromatic N) is 1. The second kappa shape index (κ2) is 4.95. The Morgan fingerprint density at radius 1 is 1.12 bits per heavy atom. The van der Waals surface area contributed by atoms with Crippen LogP contribution in [-0.2, 0) is 4.74 Å². The summed E-state index contributed by atoms with van der Waals surface area (Å²) >= 11 is 0. The van der Waals surface area contributed by atoms with Crippen molar-refractivity contribution in [1.29, 1.82) is 0 Å². The van der Waals surface area contributed by atoms with Gasteiger partial charge in [-0.15, -0.1) is 0 Å². The summed E-state index contributed by atoms with van der Waals surface area (Å²) < 4.78 is 4.94. The van der Waals surface area contributed by atoms with Crippen molar-refractivity contribution in [1.82, 2.24) is 4.90 Å². The molecule has 0 aromatic rings. The lowest BCUT2D eigenvalue weighted by atomic mass is 10.1. The van der Waals surface area contributed by atoms with Gasteiger partial charge in [0.15, 0.2) is 6.29 Å². The molecule has 0 aromatic carbocycles. The number of hydrogen-bond donors (Lipinski definition) is 4. The normalized spacial score (nSPS) is 42.8. The highest BCUT2D eigenvalue weighted by molar-refractivity contribution is 4.91. The van der Waals surface area contributed by atoms with Crippen LogP contribution >= 0.6 is 0 Å². The molecule has 5 atom stereocenters. The van der Waals surface area contributed by atoms with Gasteiger partial charge in [-0.2, -0.15) is 0 Å². The molecule has 0 bridgehead atoms. The Bertz CT molecular complexity index is 233. The van der Waals surface area contributed by atoms with Gasteiger partial charge in [-0.1, -0.05) is 0 Å². The van der Waals surface area contributed by atoms with E-state index in [2.05, 4.69) is 4.90 Å². The van der Waals surface area contributed by atoms with Gasteiger partial charge in [0, 0.05) is 6.54 Å². The molecule has 0 amide bonds. The van der Waals surface area contributed by atoms with E-state index in [4.69, 9.17) is 4.74 Å². The summed E-state index contributed by atoms with van der Waals surface area (Å²) in [5, 5.41) is 37.9. The Balaban J connectivity index is 1.86. The molecule has 2 saturated heterocycles.